The van der Waals surface area contributed by atoms with Gasteiger partial charge in [0.1, 0.15) is 5.82 Å². The van der Waals surface area contributed by atoms with Crippen LogP contribution in [0.4, 0.5) is 15.8 Å². The van der Waals surface area contributed by atoms with E-state index in [4.69, 9.17) is 0 Å². The molecule has 1 atom stereocenters. The Morgan fingerprint density at radius 1 is 1.19 bits per heavy atom. The molecule has 0 saturated heterocycles. The molecule has 2 aromatic rings. The lowest BCUT2D eigenvalue weighted by molar-refractivity contribution is -0.384. The molecule has 1 unspecified atom stereocenters. The quantitative estimate of drug-likeness (QED) is 0.555. The second-order valence-electron chi connectivity index (χ2n) is 7.41. The Bertz CT molecular complexity index is 801. The third kappa shape index (κ3) is 6.14. The lowest BCUT2D eigenvalue weighted by Crippen LogP contribution is -2.34. The van der Waals surface area contributed by atoms with E-state index in [-0.39, 0.29) is 35.3 Å². The number of carbonyl (C=O) groups is 1. The number of nitrogens with zero attached hydrogens (tertiary/aromatic N) is 1. The van der Waals surface area contributed by atoms with Gasteiger partial charge in [-0.1, -0.05) is 39.0 Å². The lowest BCUT2D eigenvalue weighted by Gasteiger charge is -2.32. The van der Waals surface area contributed by atoms with Crippen molar-refractivity contribution in [2.75, 3.05) is 11.9 Å². The van der Waals surface area contributed by atoms with Crippen molar-refractivity contribution in [2.45, 2.75) is 33.2 Å². The highest BCUT2D eigenvalue weighted by Gasteiger charge is 2.25. The fourth-order valence-electron chi connectivity index (χ4n) is 2.83. The number of anilines is 1. The summed E-state index contributed by atoms with van der Waals surface area (Å²) in [4.78, 5) is 22.4. The summed E-state index contributed by atoms with van der Waals surface area (Å²) in [6.07, 6.45) is 0.205. The molecule has 144 valence electrons. The van der Waals surface area contributed by atoms with Gasteiger partial charge in [-0.05, 0) is 29.2 Å². The minimum absolute atomic E-state index is 0.0521. The maximum atomic E-state index is 13.2. The van der Waals surface area contributed by atoms with Crippen LogP contribution in [0.15, 0.2) is 48.5 Å². The van der Waals surface area contributed by atoms with Crippen LogP contribution < -0.4 is 10.6 Å². The molecule has 27 heavy (non-hydrogen) atoms. The van der Waals surface area contributed by atoms with E-state index in [1.165, 1.54) is 30.3 Å². The van der Waals surface area contributed by atoms with Crippen molar-refractivity contribution < 1.29 is 14.1 Å². The molecule has 2 N–H and O–H groups in total. The molecule has 0 fully saturated rings. The van der Waals surface area contributed by atoms with Crippen molar-refractivity contribution >= 4 is 17.3 Å². The molecule has 0 aliphatic rings. The number of hydrogen-bond acceptors (Lipinski definition) is 4. The van der Waals surface area contributed by atoms with E-state index < -0.39 is 4.92 Å². The van der Waals surface area contributed by atoms with Crippen LogP contribution in [0, 0.1) is 21.3 Å². The van der Waals surface area contributed by atoms with E-state index >= 15 is 0 Å². The van der Waals surface area contributed by atoms with Crippen molar-refractivity contribution in [1.29, 1.82) is 0 Å². The van der Waals surface area contributed by atoms with Crippen LogP contribution in [0.3, 0.4) is 0 Å². The first-order chi connectivity index (χ1) is 12.7. The Morgan fingerprint density at radius 3 is 2.44 bits per heavy atom. The molecule has 2 aromatic carbocycles. The highest BCUT2D eigenvalue weighted by molar-refractivity contribution is 5.91. The molecule has 0 spiro atoms. The standard InChI is InChI=1S/C20H24FN3O3/c1-20(2,3)19(14-7-9-15(21)10-8-14)22-12-11-18(25)23-16-5-4-6-17(13-16)24(26)27/h4-10,13,19,22H,11-12H2,1-3H3,(H,23,25). The number of carbonyl (C=O) groups excluding carboxylic acids is 1. The summed E-state index contributed by atoms with van der Waals surface area (Å²) < 4.78 is 13.2. The van der Waals surface area contributed by atoms with Crippen LogP contribution in [0.25, 0.3) is 0 Å². The zero-order valence-electron chi connectivity index (χ0n) is 15.7. The minimum atomic E-state index is -0.506. The Balaban J connectivity index is 1.94. The maximum absolute atomic E-state index is 13.2. The van der Waals surface area contributed by atoms with Gasteiger partial charge in [0.2, 0.25) is 5.91 Å². The van der Waals surface area contributed by atoms with E-state index in [0.717, 1.165) is 5.56 Å². The van der Waals surface area contributed by atoms with E-state index in [1.807, 2.05) is 0 Å². The third-order valence-electron chi connectivity index (χ3n) is 4.11. The number of nitro groups is 1. The van der Waals surface area contributed by atoms with Crippen LogP contribution in [0.1, 0.15) is 38.8 Å². The fraction of sp³-hybridized carbons (Fsp3) is 0.350. The van der Waals surface area contributed by atoms with Crippen molar-refractivity contribution in [3.05, 3.63) is 70.0 Å². The summed E-state index contributed by atoms with van der Waals surface area (Å²) in [6.45, 7) is 6.62. The van der Waals surface area contributed by atoms with Crippen LogP contribution >= 0.6 is 0 Å². The Kier molecular flexibility index (Phi) is 6.63. The molecule has 7 heteroatoms. The van der Waals surface area contributed by atoms with E-state index in [0.29, 0.717) is 12.2 Å². The number of rotatable bonds is 7. The van der Waals surface area contributed by atoms with Gasteiger partial charge in [0.15, 0.2) is 0 Å². The zero-order chi connectivity index (χ0) is 20.0. The van der Waals surface area contributed by atoms with Crippen LogP contribution in [-0.2, 0) is 4.79 Å². The number of hydrogen-bond donors (Lipinski definition) is 2. The van der Waals surface area contributed by atoms with Crippen LogP contribution in [0.5, 0.6) is 0 Å². The molecule has 0 heterocycles. The topological polar surface area (TPSA) is 84.3 Å². The maximum Gasteiger partial charge on any atom is 0.271 e. The third-order valence-corrected chi connectivity index (χ3v) is 4.11. The van der Waals surface area contributed by atoms with Gasteiger partial charge in [0, 0.05) is 36.8 Å². The van der Waals surface area contributed by atoms with E-state index in [9.17, 15) is 19.3 Å². The second-order valence-corrected chi connectivity index (χ2v) is 7.41. The Labute approximate surface area is 157 Å². The number of nitro benzene ring substituents is 1. The number of amides is 1. The minimum Gasteiger partial charge on any atom is -0.326 e. The van der Waals surface area contributed by atoms with Gasteiger partial charge in [0.05, 0.1) is 4.92 Å². The van der Waals surface area contributed by atoms with Gasteiger partial charge in [0.25, 0.3) is 5.69 Å². The van der Waals surface area contributed by atoms with Gasteiger partial charge >= 0.3 is 0 Å². The first-order valence-electron chi connectivity index (χ1n) is 8.70. The first-order valence-corrected chi connectivity index (χ1v) is 8.70. The van der Waals surface area contributed by atoms with Crippen molar-refractivity contribution in [2.24, 2.45) is 5.41 Å². The van der Waals surface area contributed by atoms with Crippen molar-refractivity contribution in [3.63, 3.8) is 0 Å². The van der Waals surface area contributed by atoms with Crippen molar-refractivity contribution in [3.8, 4) is 0 Å². The van der Waals surface area contributed by atoms with E-state index in [2.05, 4.69) is 31.4 Å². The molecule has 0 radical (unpaired) electrons. The molecule has 0 aromatic heterocycles. The van der Waals surface area contributed by atoms with Gasteiger partial charge in [-0.25, -0.2) is 4.39 Å². The fourth-order valence-corrected chi connectivity index (χ4v) is 2.83. The zero-order valence-corrected chi connectivity index (χ0v) is 15.7. The summed E-state index contributed by atoms with van der Waals surface area (Å²) in [6, 6.07) is 12.1. The summed E-state index contributed by atoms with van der Waals surface area (Å²) in [5.74, 6) is -0.530. The largest absolute Gasteiger partial charge is 0.326 e. The summed E-state index contributed by atoms with van der Waals surface area (Å²) >= 11 is 0. The highest BCUT2D eigenvalue weighted by atomic mass is 19.1. The number of halogens is 1. The molecular weight excluding hydrogens is 349 g/mol. The van der Waals surface area contributed by atoms with Gasteiger partial charge in [-0.3, -0.25) is 14.9 Å². The number of non-ortho nitro benzene ring substituents is 1. The first kappa shape index (κ1) is 20.5. The highest BCUT2D eigenvalue weighted by Crippen LogP contribution is 2.32. The van der Waals surface area contributed by atoms with E-state index in [1.54, 1.807) is 18.2 Å². The SMILES string of the molecule is CC(C)(C)C(NCCC(=O)Nc1cccc([N+](=O)[O-])c1)c1ccc(F)cc1. The van der Waals surface area contributed by atoms with Gasteiger partial charge in [-0.15, -0.1) is 0 Å². The molecule has 0 bridgehead atoms. The smallest absolute Gasteiger partial charge is 0.271 e. The second kappa shape index (κ2) is 8.73. The summed E-state index contributed by atoms with van der Waals surface area (Å²) in [5, 5.41) is 16.8. The molecule has 2 rings (SSSR count). The Hall–Kier alpha value is -2.80. The monoisotopic (exact) mass is 373 g/mol. The summed E-state index contributed by atoms with van der Waals surface area (Å²) in [5.41, 5.74) is 1.13. The molecule has 0 aliphatic carbocycles. The molecular formula is C20H24FN3O3. The average Bonchev–Trinajstić information content (AvgIpc) is 2.59. The van der Waals surface area contributed by atoms with Gasteiger partial charge < -0.3 is 10.6 Å². The predicted molar refractivity (Wildman–Crippen MR) is 103 cm³/mol. The lowest BCUT2D eigenvalue weighted by atomic mass is 9.82. The molecule has 6 nitrogen and oxygen atoms in total. The Morgan fingerprint density at radius 2 is 1.85 bits per heavy atom. The van der Waals surface area contributed by atoms with Crippen LogP contribution in [0.2, 0.25) is 0 Å². The molecule has 1 amide bonds. The molecule has 0 aliphatic heterocycles. The van der Waals surface area contributed by atoms with Crippen LogP contribution in [-0.4, -0.2) is 17.4 Å². The number of benzene rings is 2. The van der Waals surface area contributed by atoms with Crippen molar-refractivity contribution in [1.82, 2.24) is 5.32 Å². The number of nitrogens with one attached hydrogen (secondary N) is 2. The van der Waals surface area contributed by atoms with Gasteiger partial charge in [-0.2, -0.15) is 0 Å². The average molecular weight is 373 g/mol. The molecule has 0 saturated carbocycles. The summed E-state index contributed by atoms with van der Waals surface area (Å²) in [7, 11) is 0. The predicted octanol–water partition coefficient (Wildman–Crippen LogP) is 4.44. The normalized spacial score (nSPS) is 12.4.